The number of carbonyl (C=O) groups excluding carboxylic acids is 2. The summed E-state index contributed by atoms with van der Waals surface area (Å²) in [6.07, 6.45) is 0. The fourth-order valence-electron chi connectivity index (χ4n) is 2.32. The Labute approximate surface area is 129 Å². The molecule has 0 spiro atoms. The molecule has 118 valence electrons. The molecule has 2 N–H and O–H groups in total. The van der Waals surface area contributed by atoms with Gasteiger partial charge in [0.05, 0.1) is 7.11 Å². The molecule has 0 radical (unpaired) electrons. The Bertz CT molecular complexity index is 716. The van der Waals surface area contributed by atoms with Crippen LogP contribution >= 0.6 is 0 Å². The van der Waals surface area contributed by atoms with Gasteiger partial charge in [0.2, 0.25) is 5.91 Å². The maximum Gasteiger partial charge on any atom is 0.268 e. The van der Waals surface area contributed by atoms with Crippen molar-refractivity contribution in [2.45, 2.75) is 19.4 Å². The number of fused-ring (bicyclic) bond motifs is 1. The van der Waals surface area contributed by atoms with Crippen molar-refractivity contribution in [3.05, 3.63) is 30.0 Å². The van der Waals surface area contributed by atoms with Crippen LogP contribution in [0.15, 0.2) is 24.3 Å². The third-order valence-electron chi connectivity index (χ3n) is 3.44. The highest BCUT2D eigenvalue weighted by molar-refractivity contribution is 6.01. The van der Waals surface area contributed by atoms with E-state index in [0.29, 0.717) is 11.4 Å². The van der Waals surface area contributed by atoms with Gasteiger partial charge in [0.15, 0.2) is 0 Å². The second-order valence-electron chi connectivity index (χ2n) is 5.91. The predicted octanol–water partition coefficient (Wildman–Crippen LogP) is 1.77. The van der Waals surface area contributed by atoms with Gasteiger partial charge in [0, 0.05) is 31.1 Å². The number of hydrogen-bond donors (Lipinski definition) is 2. The Morgan fingerprint density at radius 1 is 1.23 bits per heavy atom. The highest BCUT2D eigenvalue weighted by Gasteiger charge is 2.31. The van der Waals surface area contributed by atoms with E-state index in [1.165, 1.54) is 4.90 Å². The fraction of sp³-hybridized carbons (Fsp3) is 0.375. The molecule has 0 saturated heterocycles. The summed E-state index contributed by atoms with van der Waals surface area (Å²) in [4.78, 5) is 28.9. The van der Waals surface area contributed by atoms with Crippen molar-refractivity contribution < 1.29 is 14.3 Å². The number of likely N-dealkylation sites (N-methyl/N-ethyl adjacent to an activating group) is 1. The molecule has 6 heteroatoms. The van der Waals surface area contributed by atoms with E-state index in [9.17, 15) is 9.59 Å². The van der Waals surface area contributed by atoms with Crippen molar-refractivity contribution in [2.24, 2.45) is 0 Å². The van der Waals surface area contributed by atoms with E-state index in [1.807, 2.05) is 18.2 Å². The number of rotatable bonds is 4. The van der Waals surface area contributed by atoms with E-state index in [0.717, 1.165) is 10.9 Å². The lowest BCUT2D eigenvalue weighted by Crippen LogP contribution is -2.54. The number of amides is 2. The molecule has 0 saturated carbocycles. The van der Waals surface area contributed by atoms with Crippen molar-refractivity contribution in [3.8, 4) is 5.75 Å². The van der Waals surface area contributed by atoms with Crippen LogP contribution in [-0.4, -0.2) is 48.4 Å². The molecule has 22 heavy (non-hydrogen) atoms. The molecule has 0 aliphatic heterocycles. The average Bonchev–Trinajstić information content (AvgIpc) is 2.88. The standard InChI is InChI=1S/C16H21N3O3/c1-16(2,15(21)19(3)4)18-14(20)13-8-10-6-7-11(22-5)9-12(10)17-13/h6-9,17H,1-5H3,(H,18,20). The second kappa shape index (κ2) is 5.71. The minimum absolute atomic E-state index is 0.168. The van der Waals surface area contributed by atoms with E-state index in [-0.39, 0.29) is 11.8 Å². The third-order valence-corrected chi connectivity index (χ3v) is 3.44. The molecule has 2 aromatic rings. The third kappa shape index (κ3) is 3.05. The van der Waals surface area contributed by atoms with Crippen LogP contribution in [0.4, 0.5) is 0 Å². The molecule has 2 rings (SSSR count). The van der Waals surface area contributed by atoms with Crippen LogP contribution < -0.4 is 10.1 Å². The van der Waals surface area contributed by atoms with E-state index < -0.39 is 5.54 Å². The first-order valence-corrected chi connectivity index (χ1v) is 6.95. The van der Waals surface area contributed by atoms with Gasteiger partial charge in [-0.3, -0.25) is 9.59 Å². The molecular weight excluding hydrogens is 282 g/mol. The number of methoxy groups -OCH3 is 1. The molecule has 6 nitrogen and oxygen atoms in total. The van der Waals surface area contributed by atoms with Crippen LogP contribution in [0.2, 0.25) is 0 Å². The lowest BCUT2D eigenvalue weighted by Gasteiger charge is -2.27. The van der Waals surface area contributed by atoms with Gasteiger partial charge in [-0.1, -0.05) is 0 Å². The molecule has 0 unspecified atom stereocenters. The van der Waals surface area contributed by atoms with Crippen LogP contribution in [0, 0.1) is 0 Å². The number of hydrogen-bond acceptors (Lipinski definition) is 3. The van der Waals surface area contributed by atoms with Crippen LogP contribution in [0.1, 0.15) is 24.3 Å². The van der Waals surface area contributed by atoms with Gasteiger partial charge < -0.3 is 19.9 Å². The molecule has 0 fully saturated rings. The molecule has 1 heterocycles. The first-order chi connectivity index (χ1) is 10.2. The maximum absolute atomic E-state index is 12.4. The molecular formula is C16H21N3O3. The van der Waals surface area contributed by atoms with E-state index >= 15 is 0 Å². The summed E-state index contributed by atoms with van der Waals surface area (Å²) in [6, 6.07) is 7.28. The van der Waals surface area contributed by atoms with Gasteiger partial charge in [-0.2, -0.15) is 0 Å². The van der Waals surface area contributed by atoms with Crippen LogP contribution in [0.5, 0.6) is 5.75 Å². The Kier molecular flexibility index (Phi) is 4.12. The summed E-state index contributed by atoms with van der Waals surface area (Å²) >= 11 is 0. The number of nitrogens with one attached hydrogen (secondary N) is 2. The number of nitrogens with zero attached hydrogens (tertiary/aromatic N) is 1. The smallest absolute Gasteiger partial charge is 0.268 e. The quantitative estimate of drug-likeness (QED) is 0.904. The zero-order valence-corrected chi connectivity index (χ0v) is 13.5. The molecule has 0 bridgehead atoms. The number of aromatic nitrogens is 1. The van der Waals surface area contributed by atoms with Crippen molar-refractivity contribution in [1.82, 2.24) is 15.2 Å². The molecule has 0 aliphatic carbocycles. The van der Waals surface area contributed by atoms with E-state index in [4.69, 9.17) is 4.74 Å². The molecule has 1 aromatic carbocycles. The first-order valence-electron chi connectivity index (χ1n) is 6.95. The van der Waals surface area contributed by atoms with Crippen molar-refractivity contribution in [3.63, 3.8) is 0 Å². The zero-order valence-electron chi connectivity index (χ0n) is 13.5. The average molecular weight is 303 g/mol. The summed E-state index contributed by atoms with van der Waals surface area (Å²) in [7, 11) is 4.91. The topological polar surface area (TPSA) is 74.4 Å². The van der Waals surface area contributed by atoms with Crippen LogP contribution in [0.25, 0.3) is 10.9 Å². The summed E-state index contributed by atoms with van der Waals surface area (Å²) in [5.74, 6) is 0.221. The zero-order chi connectivity index (χ0) is 16.5. The van der Waals surface area contributed by atoms with Crippen LogP contribution in [-0.2, 0) is 4.79 Å². The molecule has 0 atom stereocenters. The van der Waals surface area contributed by atoms with Gasteiger partial charge in [-0.05, 0) is 32.0 Å². The fourth-order valence-corrected chi connectivity index (χ4v) is 2.32. The highest BCUT2D eigenvalue weighted by atomic mass is 16.5. The van der Waals surface area contributed by atoms with E-state index in [2.05, 4.69) is 10.3 Å². The maximum atomic E-state index is 12.4. The van der Waals surface area contributed by atoms with Crippen molar-refractivity contribution >= 4 is 22.7 Å². The van der Waals surface area contributed by atoms with Crippen LogP contribution in [0.3, 0.4) is 0 Å². The summed E-state index contributed by atoms with van der Waals surface area (Å²) in [5, 5.41) is 3.66. The number of carbonyl (C=O) groups is 2. The Morgan fingerprint density at radius 2 is 1.91 bits per heavy atom. The minimum atomic E-state index is -0.977. The van der Waals surface area contributed by atoms with Gasteiger partial charge >= 0.3 is 0 Å². The Morgan fingerprint density at radius 3 is 2.50 bits per heavy atom. The Hall–Kier alpha value is -2.50. The summed E-state index contributed by atoms with van der Waals surface area (Å²) < 4.78 is 5.16. The van der Waals surface area contributed by atoms with Gasteiger partial charge in [0.1, 0.15) is 17.0 Å². The normalized spacial score (nSPS) is 11.3. The SMILES string of the molecule is COc1ccc2cc(C(=O)NC(C)(C)C(=O)N(C)C)[nH]c2c1. The summed E-state index contributed by atoms with van der Waals surface area (Å²) in [5.41, 5.74) is 0.236. The predicted molar refractivity (Wildman–Crippen MR) is 85.1 cm³/mol. The summed E-state index contributed by atoms with van der Waals surface area (Å²) in [6.45, 7) is 3.36. The number of H-pyrrole nitrogens is 1. The lowest BCUT2D eigenvalue weighted by atomic mass is 10.0. The molecule has 2 amide bonds. The second-order valence-corrected chi connectivity index (χ2v) is 5.91. The highest BCUT2D eigenvalue weighted by Crippen LogP contribution is 2.21. The minimum Gasteiger partial charge on any atom is -0.497 e. The molecule has 0 aliphatic rings. The number of benzene rings is 1. The Balaban J connectivity index is 2.24. The van der Waals surface area contributed by atoms with Gasteiger partial charge in [-0.25, -0.2) is 0 Å². The number of aromatic amines is 1. The first kappa shape index (κ1) is 15.9. The van der Waals surface area contributed by atoms with Crippen molar-refractivity contribution in [1.29, 1.82) is 0 Å². The monoisotopic (exact) mass is 303 g/mol. The lowest BCUT2D eigenvalue weighted by molar-refractivity contribution is -0.134. The van der Waals surface area contributed by atoms with Gasteiger partial charge in [0.25, 0.3) is 5.91 Å². The van der Waals surface area contributed by atoms with E-state index in [1.54, 1.807) is 41.1 Å². The van der Waals surface area contributed by atoms with Crippen molar-refractivity contribution in [2.75, 3.05) is 21.2 Å². The number of ether oxygens (including phenoxy) is 1. The van der Waals surface area contributed by atoms with Gasteiger partial charge in [-0.15, -0.1) is 0 Å². The molecule has 1 aromatic heterocycles. The largest absolute Gasteiger partial charge is 0.497 e.